The number of carbonyl (C=O) groups is 2. The summed E-state index contributed by atoms with van der Waals surface area (Å²) in [6.45, 7) is 3.38. The lowest BCUT2D eigenvalue weighted by Crippen LogP contribution is -2.59. The Labute approximate surface area is 346 Å². The molecule has 0 bridgehead atoms. The zero-order valence-electron chi connectivity index (χ0n) is 36.1. The minimum absolute atomic E-state index is 0.224. The zero-order chi connectivity index (χ0) is 41.6. The third-order valence-electron chi connectivity index (χ3n) is 10.6. The molecule has 10 nitrogen and oxygen atoms in total. The summed E-state index contributed by atoms with van der Waals surface area (Å²) in [6.07, 6.45) is 32.4. The van der Waals surface area contributed by atoms with E-state index in [4.69, 9.17) is 18.9 Å². The summed E-state index contributed by atoms with van der Waals surface area (Å²) in [5.74, 6) is -0.826. The van der Waals surface area contributed by atoms with Crippen molar-refractivity contribution in [1.29, 1.82) is 0 Å². The number of ether oxygens (including phenoxy) is 4. The molecule has 0 aliphatic carbocycles. The van der Waals surface area contributed by atoms with Gasteiger partial charge in [-0.15, -0.1) is 5.73 Å². The summed E-state index contributed by atoms with van der Waals surface area (Å²) < 4.78 is 22.2. The molecule has 0 aromatic heterocycles. The van der Waals surface area contributed by atoms with Crippen LogP contribution in [0.15, 0.2) is 30.0 Å². The third-order valence-corrected chi connectivity index (χ3v) is 10.6. The molecule has 0 amide bonds. The fourth-order valence-electron chi connectivity index (χ4n) is 6.87. The second kappa shape index (κ2) is 38.2. The van der Waals surface area contributed by atoms with Gasteiger partial charge >= 0.3 is 11.9 Å². The van der Waals surface area contributed by atoms with Crippen LogP contribution >= 0.6 is 0 Å². The molecule has 0 aromatic rings. The average Bonchev–Trinajstić information content (AvgIpc) is 3.21. The highest BCUT2D eigenvalue weighted by atomic mass is 16.7. The average molecular weight is 809 g/mol. The molecule has 0 aromatic carbocycles. The molecule has 0 spiro atoms. The third kappa shape index (κ3) is 29.8. The summed E-state index contributed by atoms with van der Waals surface area (Å²) in [4.78, 5) is 25.3. The zero-order valence-corrected chi connectivity index (χ0v) is 36.1. The molecule has 4 N–H and O–H groups in total. The first-order valence-corrected chi connectivity index (χ1v) is 23.2. The normalized spacial score (nSPS) is 20.0. The van der Waals surface area contributed by atoms with E-state index in [9.17, 15) is 30.0 Å². The Hall–Kier alpha value is -2.04. The van der Waals surface area contributed by atoms with Crippen molar-refractivity contribution in [3.63, 3.8) is 0 Å². The highest BCUT2D eigenvalue weighted by Gasteiger charge is 2.44. The van der Waals surface area contributed by atoms with E-state index < -0.39 is 55.4 Å². The van der Waals surface area contributed by atoms with E-state index in [0.29, 0.717) is 12.8 Å². The van der Waals surface area contributed by atoms with Crippen LogP contribution in [0.3, 0.4) is 0 Å². The first kappa shape index (κ1) is 53.0. The van der Waals surface area contributed by atoms with Crippen LogP contribution in [0.5, 0.6) is 0 Å². The van der Waals surface area contributed by atoms with Gasteiger partial charge in [0.15, 0.2) is 12.4 Å². The predicted molar refractivity (Wildman–Crippen MR) is 228 cm³/mol. The van der Waals surface area contributed by atoms with Gasteiger partial charge in [-0.05, 0) is 76.4 Å². The summed E-state index contributed by atoms with van der Waals surface area (Å²) in [6, 6.07) is 0. The van der Waals surface area contributed by atoms with Crippen LogP contribution < -0.4 is 0 Å². The lowest BCUT2D eigenvalue weighted by Gasteiger charge is -2.39. The maximum absolute atomic E-state index is 12.8. The van der Waals surface area contributed by atoms with Crippen molar-refractivity contribution >= 4 is 11.9 Å². The molecular weight excluding hydrogens is 725 g/mol. The smallest absolute Gasteiger partial charge is 0.306 e. The van der Waals surface area contributed by atoms with Crippen LogP contribution in [0.4, 0.5) is 0 Å². The molecule has 57 heavy (non-hydrogen) atoms. The van der Waals surface area contributed by atoms with Crippen molar-refractivity contribution in [2.45, 2.75) is 237 Å². The molecule has 1 fully saturated rings. The highest BCUT2D eigenvalue weighted by Crippen LogP contribution is 2.23. The summed E-state index contributed by atoms with van der Waals surface area (Å²) >= 11 is 0. The number of rotatable bonds is 38. The molecule has 1 aliphatic rings. The van der Waals surface area contributed by atoms with E-state index in [-0.39, 0.29) is 26.1 Å². The second-order valence-corrected chi connectivity index (χ2v) is 16.0. The molecular formula is C47H84O10. The van der Waals surface area contributed by atoms with E-state index in [2.05, 4.69) is 43.9 Å². The summed E-state index contributed by atoms with van der Waals surface area (Å²) in [5.41, 5.74) is 3.30. The molecule has 2 unspecified atom stereocenters. The topological polar surface area (TPSA) is 152 Å². The van der Waals surface area contributed by atoms with Crippen molar-refractivity contribution < 1.29 is 49.0 Å². The molecule has 1 rings (SSSR count). The van der Waals surface area contributed by atoms with E-state index in [1.165, 1.54) is 103 Å². The Balaban J connectivity index is 2.33. The van der Waals surface area contributed by atoms with Gasteiger partial charge in [0, 0.05) is 12.8 Å². The number of hydrogen-bond acceptors (Lipinski definition) is 10. The molecule has 1 saturated heterocycles. The molecule has 0 radical (unpaired) electrons. The Morgan fingerprint density at radius 1 is 0.579 bits per heavy atom. The number of allylic oxidation sites excluding steroid dienone is 3. The number of hydrogen-bond donors (Lipinski definition) is 4. The van der Waals surface area contributed by atoms with Crippen LogP contribution in [0.25, 0.3) is 0 Å². The number of aliphatic hydroxyl groups is 4. The van der Waals surface area contributed by atoms with Crippen LogP contribution in [-0.4, -0.2) is 89.0 Å². The van der Waals surface area contributed by atoms with Crippen molar-refractivity contribution in [3.05, 3.63) is 30.0 Å². The largest absolute Gasteiger partial charge is 0.462 e. The van der Waals surface area contributed by atoms with Crippen LogP contribution in [0.2, 0.25) is 0 Å². The Bertz CT molecular complexity index is 1040. The predicted octanol–water partition coefficient (Wildman–Crippen LogP) is 9.88. The number of aliphatic hydroxyl groups excluding tert-OH is 4. The number of esters is 2. The first-order chi connectivity index (χ1) is 27.8. The minimum atomic E-state index is -1.60. The van der Waals surface area contributed by atoms with Crippen LogP contribution in [0, 0.1) is 0 Å². The van der Waals surface area contributed by atoms with Gasteiger partial charge in [0.1, 0.15) is 31.0 Å². The standard InChI is InChI=1S/C47H84O10/c1-3-5-7-9-11-13-15-17-19-20-22-24-26-28-30-32-34-36-43(50)56-40(39-55-47-46(53)45(52)44(51)41(37-48)57-47)38-54-42(49)35-33-31-29-27-25-23-21-18-16-14-12-10-8-6-4-2/h13,15-16,21,40-41,44-48,51-53H,3-12,14,17,19-20,22-39H2,1-2H3/b15-13+/t18?,40-,41-,44+,45?,46?,47-/m1/s1. The van der Waals surface area contributed by atoms with Gasteiger partial charge in [0.2, 0.25) is 0 Å². The molecule has 1 aliphatic heterocycles. The van der Waals surface area contributed by atoms with Crippen molar-refractivity contribution in [1.82, 2.24) is 0 Å². The molecule has 332 valence electrons. The Kier molecular flexibility index (Phi) is 35.5. The summed E-state index contributed by atoms with van der Waals surface area (Å²) in [7, 11) is 0. The molecule has 6 atom stereocenters. The fraction of sp³-hybridized carbons (Fsp3) is 0.851. The monoisotopic (exact) mass is 809 g/mol. The fourth-order valence-corrected chi connectivity index (χ4v) is 6.87. The van der Waals surface area contributed by atoms with E-state index in [0.717, 1.165) is 57.8 Å². The lowest BCUT2D eigenvalue weighted by atomic mass is 9.99. The van der Waals surface area contributed by atoms with Gasteiger partial charge in [-0.25, -0.2) is 0 Å². The van der Waals surface area contributed by atoms with Crippen molar-refractivity contribution in [2.24, 2.45) is 0 Å². The molecule has 0 saturated carbocycles. The van der Waals surface area contributed by atoms with E-state index in [1.54, 1.807) is 0 Å². The van der Waals surface area contributed by atoms with Gasteiger partial charge in [0.25, 0.3) is 0 Å². The van der Waals surface area contributed by atoms with Gasteiger partial charge in [0.05, 0.1) is 13.2 Å². The van der Waals surface area contributed by atoms with Crippen molar-refractivity contribution in [2.75, 3.05) is 19.8 Å². The highest BCUT2D eigenvalue weighted by molar-refractivity contribution is 5.70. The van der Waals surface area contributed by atoms with Gasteiger partial charge in [-0.3, -0.25) is 9.59 Å². The minimum Gasteiger partial charge on any atom is -0.462 e. The van der Waals surface area contributed by atoms with Crippen LogP contribution in [0.1, 0.15) is 200 Å². The van der Waals surface area contributed by atoms with Crippen molar-refractivity contribution in [3.8, 4) is 0 Å². The Morgan fingerprint density at radius 3 is 1.56 bits per heavy atom. The number of carbonyl (C=O) groups excluding carboxylic acids is 2. The van der Waals surface area contributed by atoms with E-state index in [1.807, 2.05) is 0 Å². The lowest BCUT2D eigenvalue weighted by molar-refractivity contribution is -0.305. The summed E-state index contributed by atoms with van der Waals surface area (Å²) in [5, 5.41) is 40.1. The molecule has 10 heteroatoms. The van der Waals surface area contributed by atoms with Gasteiger partial charge < -0.3 is 39.4 Å². The second-order valence-electron chi connectivity index (χ2n) is 16.0. The Morgan fingerprint density at radius 2 is 1.04 bits per heavy atom. The van der Waals surface area contributed by atoms with Crippen LogP contribution in [-0.2, 0) is 28.5 Å². The van der Waals surface area contributed by atoms with Gasteiger partial charge in [-0.1, -0.05) is 135 Å². The van der Waals surface area contributed by atoms with E-state index >= 15 is 0 Å². The molecule has 1 heterocycles. The quantitative estimate of drug-likeness (QED) is 0.0205. The maximum atomic E-state index is 12.8. The first-order valence-electron chi connectivity index (χ1n) is 23.2. The van der Waals surface area contributed by atoms with Gasteiger partial charge in [-0.2, -0.15) is 0 Å². The number of unbranched alkanes of at least 4 members (excludes halogenated alkanes) is 23. The maximum Gasteiger partial charge on any atom is 0.306 e. The SMILES string of the molecule is CCCCCC/C=C/CCCCCCCCCCCC(=O)O[C@H](COC(=O)CCCCCCCC=C=CCCCCCCC)CO[C@@H]1O[C@H](CO)[C@H](O)C(O)C1O.